The molecular weight excluding hydrogens is 204 g/mol. The Morgan fingerprint density at radius 1 is 1.38 bits per heavy atom. The number of carboxylic acids is 1. The molecule has 1 heterocycles. The lowest BCUT2D eigenvalue weighted by atomic mass is 9.87. The maximum absolute atomic E-state index is 10.8. The molecule has 0 aromatic carbocycles. The lowest BCUT2D eigenvalue weighted by Gasteiger charge is -2.43. The fourth-order valence-electron chi connectivity index (χ4n) is 2.98. The van der Waals surface area contributed by atoms with Gasteiger partial charge in [0.25, 0.3) is 0 Å². The molecule has 4 nitrogen and oxygen atoms in total. The van der Waals surface area contributed by atoms with Gasteiger partial charge in [0, 0.05) is 19.6 Å². The van der Waals surface area contributed by atoms with E-state index in [2.05, 4.69) is 10.6 Å². The smallest absolute Gasteiger partial charge is 0.305 e. The van der Waals surface area contributed by atoms with Gasteiger partial charge in [-0.15, -0.1) is 0 Å². The minimum absolute atomic E-state index is 0.156. The molecule has 16 heavy (non-hydrogen) atoms. The second-order valence-electron chi connectivity index (χ2n) is 5.94. The number of hydrogen-bond acceptors (Lipinski definition) is 3. The SMILES string of the molecule is O=C(O)CC1(NCC2(C3CC3)CC2)CNC1. The topological polar surface area (TPSA) is 61.4 Å². The van der Waals surface area contributed by atoms with Crippen LogP contribution in [0.5, 0.6) is 0 Å². The van der Waals surface area contributed by atoms with Gasteiger partial charge in [0.1, 0.15) is 0 Å². The first-order valence-corrected chi connectivity index (χ1v) is 6.32. The van der Waals surface area contributed by atoms with Crippen LogP contribution in [0.3, 0.4) is 0 Å². The molecule has 0 aromatic rings. The molecule has 3 aliphatic rings. The lowest BCUT2D eigenvalue weighted by molar-refractivity contribution is -0.139. The van der Waals surface area contributed by atoms with Gasteiger partial charge in [-0.3, -0.25) is 4.79 Å². The predicted molar refractivity (Wildman–Crippen MR) is 60.2 cm³/mol. The third-order valence-electron chi connectivity index (χ3n) is 4.57. The van der Waals surface area contributed by atoms with Gasteiger partial charge in [-0.2, -0.15) is 0 Å². The van der Waals surface area contributed by atoms with Crippen LogP contribution < -0.4 is 10.6 Å². The molecule has 0 radical (unpaired) electrons. The van der Waals surface area contributed by atoms with E-state index in [0.29, 0.717) is 5.41 Å². The summed E-state index contributed by atoms with van der Waals surface area (Å²) < 4.78 is 0. The van der Waals surface area contributed by atoms with Crippen LogP contribution in [0.2, 0.25) is 0 Å². The van der Waals surface area contributed by atoms with Gasteiger partial charge >= 0.3 is 5.97 Å². The molecule has 3 fully saturated rings. The minimum atomic E-state index is -0.690. The van der Waals surface area contributed by atoms with E-state index in [1.165, 1.54) is 25.7 Å². The highest BCUT2D eigenvalue weighted by molar-refractivity contribution is 5.68. The van der Waals surface area contributed by atoms with E-state index in [1.54, 1.807) is 0 Å². The Morgan fingerprint density at radius 2 is 2.06 bits per heavy atom. The second-order valence-corrected chi connectivity index (χ2v) is 5.94. The third-order valence-corrected chi connectivity index (χ3v) is 4.57. The summed E-state index contributed by atoms with van der Waals surface area (Å²) in [5, 5.41) is 15.6. The van der Waals surface area contributed by atoms with E-state index in [-0.39, 0.29) is 12.0 Å². The fraction of sp³-hybridized carbons (Fsp3) is 0.917. The molecule has 2 aliphatic carbocycles. The largest absolute Gasteiger partial charge is 0.481 e. The zero-order valence-electron chi connectivity index (χ0n) is 9.59. The summed E-state index contributed by atoms with van der Waals surface area (Å²) >= 11 is 0. The van der Waals surface area contributed by atoms with Crippen molar-refractivity contribution >= 4 is 5.97 Å². The van der Waals surface area contributed by atoms with Crippen LogP contribution in [0.1, 0.15) is 32.1 Å². The standard InChI is InChI=1S/C12H20N2O2/c15-10(16)5-12(7-13-8-12)14-6-11(3-4-11)9-1-2-9/h9,13-14H,1-8H2,(H,15,16). The molecule has 0 amide bonds. The highest BCUT2D eigenvalue weighted by Gasteiger charge is 2.54. The average Bonchev–Trinajstić information content (AvgIpc) is 2.97. The Labute approximate surface area is 95.8 Å². The predicted octanol–water partition coefficient (Wildman–Crippen LogP) is 0.583. The van der Waals surface area contributed by atoms with Gasteiger partial charge in [0.05, 0.1) is 12.0 Å². The number of aliphatic carboxylic acids is 1. The van der Waals surface area contributed by atoms with Crippen molar-refractivity contribution in [2.45, 2.75) is 37.6 Å². The molecule has 0 bridgehead atoms. The molecule has 0 aromatic heterocycles. The molecule has 1 aliphatic heterocycles. The highest BCUT2D eigenvalue weighted by Crippen LogP contribution is 2.61. The minimum Gasteiger partial charge on any atom is -0.481 e. The van der Waals surface area contributed by atoms with Crippen molar-refractivity contribution in [2.75, 3.05) is 19.6 Å². The van der Waals surface area contributed by atoms with Crippen molar-refractivity contribution in [1.29, 1.82) is 0 Å². The van der Waals surface area contributed by atoms with Crippen molar-refractivity contribution in [3.05, 3.63) is 0 Å². The monoisotopic (exact) mass is 224 g/mol. The molecule has 2 saturated carbocycles. The summed E-state index contributed by atoms with van der Waals surface area (Å²) in [5.41, 5.74) is 0.400. The summed E-state index contributed by atoms with van der Waals surface area (Å²) in [6.07, 6.45) is 5.74. The first-order chi connectivity index (χ1) is 7.64. The molecule has 1 saturated heterocycles. The Morgan fingerprint density at radius 3 is 2.44 bits per heavy atom. The van der Waals surface area contributed by atoms with E-state index in [1.807, 2.05) is 0 Å². The van der Waals surface area contributed by atoms with Crippen LogP contribution in [-0.4, -0.2) is 36.2 Å². The van der Waals surface area contributed by atoms with Gasteiger partial charge in [-0.05, 0) is 37.0 Å². The Balaban J connectivity index is 1.54. The van der Waals surface area contributed by atoms with Gasteiger partial charge in [0.15, 0.2) is 0 Å². The number of rotatable bonds is 6. The molecular formula is C12H20N2O2. The van der Waals surface area contributed by atoms with E-state index in [4.69, 9.17) is 5.11 Å². The molecule has 3 N–H and O–H groups in total. The Hall–Kier alpha value is -0.610. The Kier molecular flexibility index (Phi) is 2.27. The van der Waals surface area contributed by atoms with E-state index < -0.39 is 5.97 Å². The highest BCUT2D eigenvalue weighted by atomic mass is 16.4. The first kappa shape index (κ1) is 10.5. The number of nitrogens with one attached hydrogen (secondary N) is 2. The van der Waals surface area contributed by atoms with Crippen molar-refractivity contribution in [3.8, 4) is 0 Å². The third kappa shape index (κ3) is 1.84. The zero-order chi connectivity index (χ0) is 11.2. The molecule has 3 rings (SSSR count). The molecule has 0 spiro atoms. The van der Waals surface area contributed by atoms with Crippen LogP contribution in [0, 0.1) is 11.3 Å². The summed E-state index contributed by atoms with van der Waals surface area (Å²) in [6, 6.07) is 0. The van der Waals surface area contributed by atoms with Crippen LogP contribution in [-0.2, 0) is 4.79 Å². The van der Waals surface area contributed by atoms with E-state index in [0.717, 1.165) is 25.6 Å². The number of hydrogen-bond donors (Lipinski definition) is 3. The van der Waals surface area contributed by atoms with Crippen LogP contribution in [0.15, 0.2) is 0 Å². The van der Waals surface area contributed by atoms with Crippen molar-refractivity contribution in [3.63, 3.8) is 0 Å². The second kappa shape index (κ2) is 3.44. The molecule has 4 heteroatoms. The normalized spacial score (nSPS) is 29.5. The number of carbonyl (C=O) groups is 1. The van der Waals surface area contributed by atoms with Crippen LogP contribution in [0.25, 0.3) is 0 Å². The maximum atomic E-state index is 10.8. The van der Waals surface area contributed by atoms with Gasteiger partial charge < -0.3 is 15.7 Å². The summed E-state index contributed by atoms with van der Waals surface area (Å²) in [4.78, 5) is 10.8. The summed E-state index contributed by atoms with van der Waals surface area (Å²) in [5.74, 6) is 0.250. The Bertz CT molecular complexity index is 304. The van der Waals surface area contributed by atoms with Gasteiger partial charge in [-0.1, -0.05) is 0 Å². The number of carboxylic acid groups (broad SMARTS) is 1. The summed E-state index contributed by atoms with van der Waals surface area (Å²) in [7, 11) is 0. The molecule has 90 valence electrons. The van der Waals surface area contributed by atoms with Gasteiger partial charge in [0.2, 0.25) is 0 Å². The van der Waals surface area contributed by atoms with Crippen LogP contribution in [0.4, 0.5) is 0 Å². The fourth-order valence-corrected chi connectivity index (χ4v) is 2.98. The van der Waals surface area contributed by atoms with Crippen molar-refractivity contribution in [1.82, 2.24) is 10.6 Å². The molecule has 0 atom stereocenters. The van der Waals surface area contributed by atoms with E-state index in [9.17, 15) is 4.79 Å². The lowest BCUT2D eigenvalue weighted by Crippen LogP contribution is -2.69. The van der Waals surface area contributed by atoms with E-state index >= 15 is 0 Å². The quantitative estimate of drug-likeness (QED) is 0.618. The zero-order valence-corrected chi connectivity index (χ0v) is 9.59. The maximum Gasteiger partial charge on any atom is 0.305 e. The summed E-state index contributed by atoms with van der Waals surface area (Å²) in [6.45, 7) is 2.65. The van der Waals surface area contributed by atoms with Crippen LogP contribution >= 0.6 is 0 Å². The first-order valence-electron chi connectivity index (χ1n) is 6.32. The molecule has 0 unspecified atom stereocenters. The van der Waals surface area contributed by atoms with Crippen molar-refractivity contribution in [2.24, 2.45) is 11.3 Å². The van der Waals surface area contributed by atoms with Crippen molar-refractivity contribution < 1.29 is 9.90 Å². The average molecular weight is 224 g/mol. The van der Waals surface area contributed by atoms with Gasteiger partial charge in [-0.25, -0.2) is 0 Å².